The molecule has 18 heavy (non-hydrogen) atoms. The Morgan fingerprint density at radius 1 is 1.56 bits per heavy atom. The van der Waals surface area contributed by atoms with Crippen molar-refractivity contribution >= 4 is 5.97 Å². The van der Waals surface area contributed by atoms with E-state index in [1.165, 1.54) is 19.1 Å². The van der Waals surface area contributed by atoms with Gasteiger partial charge in [-0.15, -0.1) is 0 Å². The van der Waals surface area contributed by atoms with Crippen LogP contribution in [0.1, 0.15) is 32.3 Å². The first-order chi connectivity index (χ1) is 8.35. The van der Waals surface area contributed by atoms with E-state index in [9.17, 15) is 9.18 Å². The highest BCUT2D eigenvalue weighted by Gasteiger charge is 2.30. The number of carboxylic acid groups (broad SMARTS) is 1. The van der Waals surface area contributed by atoms with Crippen molar-refractivity contribution in [1.82, 2.24) is 0 Å². The fraction of sp³-hybridized carbons (Fsp3) is 0.500. The number of hydrogen-bond acceptors (Lipinski definition) is 2. The Kier molecular flexibility index (Phi) is 4.84. The highest BCUT2D eigenvalue weighted by molar-refractivity contribution is 5.77. The molecular weight excluding hydrogens is 233 g/mol. The molecule has 4 heteroatoms. The number of rotatable bonds is 6. The standard InChI is InChI=1S/C14H20FNO2/c1-3-10(9-14(2,16)13(17)18)7-11-5-4-6-12(15)8-11/h4-6,8,10H,3,7,9,16H2,1-2H3,(H,17,18). The molecule has 0 aliphatic carbocycles. The zero-order valence-corrected chi connectivity index (χ0v) is 10.8. The molecule has 0 radical (unpaired) electrons. The summed E-state index contributed by atoms with van der Waals surface area (Å²) in [6.07, 6.45) is 1.85. The maximum absolute atomic E-state index is 13.1. The number of halogens is 1. The number of carbonyl (C=O) groups is 1. The second kappa shape index (κ2) is 5.96. The Balaban J connectivity index is 2.71. The van der Waals surface area contributed by atoms with Crippen LogP contribution in [0.15, 0.2) is 24.3 Å². The molecule has 0 aliphatic rings. The summed E-state index contributed by atoms with van der Waals surface area (Å²) >= 11 is 0. The Bertz CT molecular complexity index is 418. The van der Waals surface area contributed by atoms with Crippen molar-refractivity contribution in [2.75, 3.05) is 0 Å². The summed E-state index contributed by atoms with van der Waals surface area (Å²) in [5.41, 5.74) is 5.40. The predicted molar refractivity (Wildman–Crippen MR) is 68.7 cm³/mol. The predicted octanol–water partition coefficient (Wildman–Crippen LogP) is 2.59. The monoisotopic (exact) mass is 253 g/mol. The minimum Gasteiger partial charge on any atom is -0.480 e. The molecule has 3 N–H and O–H groups in total. The van der Waals surface area contributed by atoms with Gasteiger partial charge in [0.15, 0.2) is 0 Å². The second-order valence-electron chi connectivity index (χ2n) is 5.04. The summed E-state index contributed by atoms with van der Waals surface area (Å²) in [6.45, 7) is 3.51. The van der Waals surface area contributed by atoms with E-state index in [4.69, 9.17) is 10.8 Å². The summed E-state index contributed by atoms with van der Waals surface area (Å²) in [4.78, 5) is 11.0. The van der Waals surface area contributed by atoms with E-state index in [2.05, 4.69) is 0 Å². The van der Waals surface area contributed by atoms with Crippen LogP contribution < -0.4 is 5.73 Å². The van der Waals surface area contributed by atoms with Crippen molar-refractivity contribution in [2.24, 2.45) is 11.7 Å². The minimum absolute atomic E-state index is 0.137. The van der Waals surface area contributed by atoms with Crippen LogP contribution in [0.5, 0.6) is 0 Å². The van der Waals surface area contributed by atoms with Gasteiger partial charge in [-0.2, -0.15) is 0 Å². The molecule has 3 nitrogen and oxygen atoms in total. The molecule has 0 heterocycles. The maximum Gasteiger partial charge on any atom is 0.323 e. The summed E-state index contributed by atoms with van der Waals surface area (Å²) < 4.78 is 13.1. The van der Waals surface area contributed by atoms with Crippen LogP contribution in [0.25, 0.3) is 0 Å². The Hall–Kier alpha value is -1.42. The zero-order chi connectivity index (χ0) is 13.8. The van der Waals surface area contributed by atoms with Gasteiger partial charge in [0.05, 0.1) is 0 Å². The minimum atomic E-state index is -1.23. The van der Waals surface area contributed by atoms with Crippen molar-refractivity contribution < 1.29 is 14.3 Å². The van der Waals surface area contributed by atoms with Gasteiger partial charge >= 0.3 is 5.97 Å². The third-order valence-corrected chi connectivity index (χ3v) is 3.19. The quantitative estimate of drug-likeness (QED) is 0.819. The fourth-order valence-corrected chi connectivity index (χ4v) is 2.05. The highest BCUT2D eigenvalue weighted by atomic mass is 19.1. The molecule has 1 aromatic carbocycles. The Morgan fingerprint density at radius 2 is 2.22 bits per heavy atom. The molecule has 2 unspecified atom stereocenters. The van der Waals surface area contributed by atoms with Gasteiger partial charge in [-0.1, -0.05) is 25.5 Å². The summed E-state index contributed by atoms with van der Waals surface area (Å²) in [5.74, 6) is -1.13. The molecule has 0 amide bonds. The van der Waals surface area contributed by atoms with Gasteiger partial charge in [0.25, 0.3) is 0 Å². The number of carboxylic acids is 1. The first-order valence-electron chi connectivity index (χ1n) is 6.12. The lowest BCUT2D eigenvalue weighted by Gasteiger charge is -2.25. The van der Waals surface area contributed by atoms with Gasteiger partial charge in [-0.3, -0.25) is 4.79 Å². The van der Waals surface area contributed by atoms with Crippen molar-refractivity contribution in [1.29, 1.82) is 0 Å². The molecule has 0 aliphatic heterocycles. The molecule has 1 aromatic rings. The summed E-state index contributed by atoms with van der Waals surface area (Å²) in [7, 11) is 0. The SMILES string of the molecule is CCC(Cc1cccc(F)c1)CC(C)(N)C(=O)O. The van der Waals surface area contributed by atoms with Crippen LogP contribution in [0.4, 0.5) is 4.39 Å². The van der Waals surface area contributed by atoms with E-state index in [1.54, 1.807) is 6.07 Å². The molecule has 0 aromatic heterocycles. The highest BCUT2D eigenvalue weighted by Crippen LogP contribution is 2.22. The van der Waals surface area contributed by atoms with Crippen molar-refractivity contribution in [3.63, 3.8) is 0 Å². The molecule has 0 bridgehead atoms. The smallest absolute Gasteiger partial charge is 0.323 e. The molecule has 2 atom stereocenters. The van der Waals surface area contributed by atoms with Crippen LogP contribution in [-0.4, -0.2) is 16.6 Å². The van der Waals surface area contributed by atoms with E-state index in [0.29, 0.717) is 12.8 Å². The van der Waals surface area contributed by atoms with Gasteiger partial charge in [0.1, 0.15) is 11.4 Å². The van der Waals surface area contributed by atoms with Crippen LogP contribution in [0.2, 0.25) is 0 Å². The Morgan fingerprint density at radius 3 is 2.72 bits per heavy atom. The first kappa shape index (κ1) is 14.6. The lowest BCUT2D eigenvalue weighted by atomic mass is 9.84. The van der Waals surface area contributed by atoms with Gasteiger partial charge < -0.3 is 10.8 Å². The first-order valence-corrected chi connectivity index (χ1v) is 6.12. The number of aliphatic carboxylic acids is 1. The van der Waals surface area contributed by atoms with Crippen LogP contribution >= 0.6 is 0 Å². The summed E-state index contributed by atoms with van der Waals surface area (Å²) in [5, 5.41) is 9.01. The molecule has 0 saturated heterocycles. The molecule has 0 fully saturated rings. The lowest BCUT2D eigenvalue weighted by molar-refractivity contribution is -0.143. The largest absolute Gasteiger partial charge is 0.480 e. The van der Waals surface area contributed by atoms with E-state index in [0.717, 1.165) is 12.0 Å². The van der Waals surface area contributed by atoms with E-state index in [-0.39, 0.29) is 11.7 Å². The fourth-order valence-electron chi connectivity index (χ4n) is 2.05. The van der Waals surface area contributed by atoms with Crippen molar-refractivity contribution in [3.05, 3.63) is 35.6 Å². The van der Waals surface area contributed by atoms with Gasteiger partial charge in [0.2, 0.25) is 0 Å². The average molecular weight is 253 g/mol. The maximum atomic E-state index is 13.1. The second-order valence-corrected chi connectivity index (χ2v) is 5.04. The van der Waals surface area contributed by atoms with Gasteiger partial charge in [-0.05, 0) is 43.4 Å². The van der Waals surface area contributed by atoms with Crippen LogP contribution in [-0.2, 0) is 11.2 Å². The van der Waals surface area contributed by atoms with Crippen LogP contribution in [0, 0.1) is 11.7 Å². The average Bonchev–Trinajstić information content (AvgIpc) is 2.27. The summed E-state index contributed by atoms with van der Waals surface area (Å²) in [6, 6.07) is 6.39. The van der Waals surface area contributed by atoms with E-state index >= 15 is 0 Å². The van der Waals surface area contributed by atoms with E-state index in [1.807, 2.05) is 13.0 Å². The molecule has 100 valence electrons. The van der Waals surface area contributed by atoms with Crippen LogP contribution in [0.3, 0.4) is 0 Å². The lowest BCUT2D eigenvalue weighted by Crippen LogP contribution is -2.46. The number of nitrogens with two attached hydrogens (primary N) is 1. The van der Waals surface area contributed by atoms with Crippen molar-refractivity contribution in [2.45, 2.75) is 38.6 Å². The molecule has 0 saturated carbocycles. The Labute approximate surface area is 107 Å². The molecule has 1 rings (SSSR count). The third-order valence-electron chi connectivity index (χ3n) is 3.19. The number of benzene rings is 1. The van der Waals surface area contributed by atoms with Gasteiger partial charge in [0, 0.05) is 0 Å². The van der Waals surface area contributed by atoms with Gasteiger partial charge in [-0.25, -0.2) is 4.39 Å². The molecular formula is C14H20FNO2. The third kappa shape index (κ3) is 4.11. The van der Waals surface area contributed by atoms with E-state index < -0.39 is 11.5 Å². The number of hydrogen-bond donors (Lipinski definition) is 2. The van der Waals surface area contributed by atoms with Crippen molar-refractivity contribution in [3.8, 4) is 0 Å². The topological polar surface area (TPSA) is 63.3 Å². The normalized spacial score (nSPS) is 16.0. The molecule has 0 spiro atoms. The zero-order valence-electron chi connectivity index (χ0n) is 10.8.